The maximum atomic E-state index is 13.6. The fourth-order valence-electron chi connectivity index (χ4n) is 1.96. The van der Waals surface area contributed by atoms with Crippen LogP contribution in [0.4, 0.5) is 4.39 Å². The Morgan fingerprint density at radius 3 is 2.87 bits per heavy atom. The largest absolute Gasteiger partial charge is 0.207 e. The normalized spacial score (nSPS) is 21.3. The Kier molecular flexibility index (Phi) is 3.47. The molecule has 0 saturated heterocycles. The number of allylic oxidation sites excluding steroid dienone is 2. The van der Waals surface area contributed by atoms with Crippen molar-refractivity contribution in [2.75, 3.05) is 0 Å². The molecule has 2 rings (SSSR count). The summed E-state index contributed by atoms with van der Waals surface area (Å²) >= 11 is 9.20. The predicted molar refractivity (Wildman–Crippen MR) is 65.0 cm³/mol. The zero-order chi connectivity index (χ0) is 10.8. The highest BCUT2D eigenvalue weighted by atomic mass is 79.9. The number of rotatable bonds is 1. The van der Waals surface area contributed by atoms with Crippen LogP contribution in [0.5, 0.6) is 0 Å². The minimum absolute atomic E-state index is 0.185. The van der Waals surface area contributed by atoms with Gasteiger partial charge in [0.05, 0.1) is 0 Å². The van der Waals surface area contributed by atoms with Gasteiger partial charge in [0, 0.05) is 5.02 Å². The van der Waals surface area contributed by atoms with Crippen LogP contribution < -0.4 is 0 Å². The molecule has 3 heteroatoms. The smallest absolute Gasteiger partial charge is 0.128 e. The van der Waals surface area contributed by atoms with Gasteiger partial charge in [0.1, 0.15) is 5.82 Å². The van der Waals surface area contributed by atoms with Gasteiger partial charge in [-0.3, -0.25) is 0 Å². The van der Waals surface area contributed by atoms with Crippen molar-refractivity contribution >= 4 is 27.5 Å². The van der Waals surface area contributed by atoms with Crippen molar-refractivity contribution in [2.24, 2.45) is 0 Å². The van der Waals surface area contributed by atoms with Crippen LogP contribution in [0, 0.1) is 5.82 Å². The first-order valence-electron chi connectivity index (χ1n) is 4.96. The highest BCUT2D eigenvalue weighted by molar-refractivity contribution is 9.11. The summed E-state index contributed by atoms with van der Waals surface area (Å²) in [5, 5.41) is 0.460. The van der Waals surface area contributed by atoms with Crippen molar-refractivity contribution in [1.82, 2.24) is 0 Å². The van der Waals surface area contributed by atoms with Crippen molar-refractivity contribution in [1.29, 1.82) is 0 Å². The lowest BCUT2D eigenvalue weighted by Gasteiger charge is -2.21. The quantitative estimate of drug-likeness (QED) is 0.680. The first-order valence-corrected chi connectivity index (χ1v) is 6.13. The molecule has 0 radical (unpaired) electrons. The highest BCUT2D eigenvalue weighted by Crippen LogP contribution is 2.36. The van der Waals surface area contributed by atoms with Gasteiger partial charge in [-0.05, 0) is 47.4 Å². The third-order valence-electron chi connectivity index (χ3n) is 2.72. The molecule has 0 fully saturated rings. The average molecular weight is 290 g/mol. The summed E-state index contributed by atoms with van der Waals surface area (Å²) in [6, 6.07) is 4.95. The second kappa shape index (κ2) is 4.67. The molecule has 0 bridgehead atoms. The molecule has 0 amide bonds. The van der Waals surface area contributed by atoms with Crippen LogP contribution in [0.1, 0.15) is 30.7 Å². The fourth-order valence-corrected chi connectivity index (χ4v) is 2.74. The molecule has 0 N–H and O–H groups in total. The predicted octanol–water partition coefficient (Wildman–Crippen LogP) is 5.03. The summed E-state index contributed by atoms with van der Waals surface area (Å²) in [6.45, 7) is 0. The maximum absolute atomic E-state index is 13.6. The van der Waals surface area contributed by atoms with Gasteiger partial charge in [0.25, 0.3) is 0 Å². The van der Waals surface area contributed by atoms with Crippen molar-refractivity contribution in [3.05, 3.63) is 45.2 Å². The Morgan fingerprint density at radius 1 is 1.40 bits per heavy atom. The van der Waals surface area contributed by atoms with Gasteiger partial charge >= 0.3 is 0 Å². The van der Waals surface area contributed by atoms with E-state index in [1.807, 2.05) is 0 Å². The van der Waals surface area contributed by atoms with Gasteiger partial charge in [-0.2, -0.15) is 0 Å². The van der Waals surface area contributed by atoms with Crippen molar-refractivity contribution in [3.8, 4) is 0 Å². The molecule has 0 aliphatic heterocycles. The lowest BCUT2D eigenvalue weighted by molar-refractivity contribution is 0.548. The van der Waals surface area contributed by atoms with Crippen LogP contribution in [0.2, 0.25) is 5.02 Å². The fraction of sp³-hybridized carbons (Fsp3) is 0.333. The molecule has 1 unspecified atom stereocenters. The van der Waals surface area contributed by atoms with Gasteiger partial charge < -0.3 is 0 Å². The number of halogens is 3. The van der Waals surface area contributed by atoms with Gasteiger partial charge in [-0.15, -0.1) is 0 Å². The third kappa shape index (κ3) is 2.61. The van der Waals surface area contributed by atoms with E-state index in [0.717, 1.165) is 24.8 Å². The van der Waals surface area contributed by atoms with E-state index < -0.39 is 0 Å². The zero-order valence-electron chi connectivity index (χ0n) is 8.14. The van der Waals surface area contributed by atoms with Gasteiger partial charge in [-0.1, -0.05) is 39.7 Å². The van der Waals surface area contributed by atoms with E-state index in [1.165, 1.54) is 10.5 Å². The number of benzene rings is 1. The maximum Gasteiger partial charge on any atom is 0.128 e. The van der Waals surface area contributed by atoms with E-state index in [0.29, 0.717) is 5.02 Å². The summed E-state index contributed by atoms with van der Waals surface area (Å²) in [6.07, 6.45) is 5.06. The SMILES string of the molecule is Fc1cc(Cl)ccc1C1CCC=C(Br)C1. The standard InChI is InChI=1S/C12H11BrClF/c13-9-3-1-2-8(6-9)11-5-4-10(14)7-12(11)15/h3-5,7-8H,1-2,6H2. The first kappa shape index (κ1) is 11.2. The number of hydrogen-bond donors (Lipinski definition) is 0. The third-order valence-corrected chi connectivity index (χ3v) is 3.61. The Bertz CT molecular complexity index is 401. The summed E-state index contributed by atoms with van der Waals surface area (Å²) in [5.74, 6) is 0.0938. The minimum Gasteiger partial charge on any atom is -0.207 e. The Labute approximate surface area is 102 Å². The summed E-state index contributed by atoms with van der Waals surface area (Å²) in [7, 11) is 0. The van der Waals surface area contributed by atoms with Gasteiger partial charge in [0.15, 0.2) is 0 Å². The molecule has 15 heavy (non-hydrogen) atoms. The average Bonchev–Trinajstić information content (AvgIpc) is 2.17. The van der Waals surface area contributed by atoms with E-state index in [9.17, 15) is 4.39 Å². The first-order chi connectivity index (χ1) is 7.16. The molecule has 1 aliphatic rings. The second-order valence-electron chi connectivity index (χ2n) is 3.80. The Balaban J connectivity index is 2.26. The van der Waals surface area contributed by atoms with E-state index in [4.69, 9.17) is 11.6 Å². The molecule has 0 nitrogen and oxygen atoms in total. The van der Waals surface area contributed by atoms with Crippen LogP contribution in [-0.4, -0.2) is 0 Å². The molecule has 0 heterocycles. The van der Waals surface area contributed by atoms with Crippen LogP contribution in [0.25, 0.3) is 0 Å². The lowest BCUT2D eigenvalue weighted by Crippen LogP contribution is -2.05. The molecule has 0 spiro atoms. The monoisotopic (exact) mass is 288 g/mol. The topological polar surface area (TPSA) is 0 Å². The molecule has 1 atom stereocenters. The Hall–Kier alpha value is -0.340. The van der Waals surface area contributed by atoms with Gasteiger partial charge in [-0.25, -0.2) is 4.39 Å². The van der Waals surface area contributed by atoms with E-state index in [1.54, 1.807) is 12.1 Å². The van der Waals surface area contributed by atoms with Crippen molar-refractivity contribution in [3.63, 3.8) is 0 Å². The minimum atomic E-state index is -0.185. The molecule has 1 aromatic carbocycles. The summed E-state index contributed by atoms with van der Waals surface area (Å²) in [5.41, 5.74) is 0.782. The van der Waals surface area contributed by atoms with Crippen molar-refractivity contribution < 1.29 is 4.39 Å². The molecular formula is C12H11BrClF. The van der Waals surface area contributed by atoms with Crippen LogP contribution >= 0.6 is 27.5 Å². The van der Waals surface area contributed by atoms with E-state index >= 15 is 0 Å². The number of hydrogen-bond acceptors (Lipinski definition) is 0. The van der Waals surface area contributed by atoms with Crippen LogP contribution in [-0.2, 0) is 0 Å². The summed E-state index contributed by atoms with van der Waals surface area (Å²) < 4.78 is 14.8. The molecule has 1 aliphatic carbocycles. The lowest BCUT2D eigenvalue weighted by atomic mass is 9.87. The van der Waals surface area contributed by atoms with Crippen LogP contribution in [0.3, 0.4) is 0 Å². The molecule has 80 valence electrons. The van der Waals surface area contributed by atoms with E-state index in [2.05, 4.69) is 22.0 Å². The van der Waals surface area contributed by atoms with Gasteiger partial charge in [0.2, 0.25) is 0 Å². The van der Waals surface area contributed by atoms with Crippen LogP contribution in [0.15, 0.2) is 28.8 Å². The van der Waals surface area contributed by atoms with E-state index in [-0.39, 0.29) is 11.7 Å². The Morgan fingerprint density at radius 2 is 2.20 bits per heavy atom. The highest BCUT2D eigenvalue weighted by Gasteiger charge is 2.19. The molecule has 0 saturated carbocycles. The molecular weight excluding hydrogens is 278 g/mol. The summed E-state index contributed by atoms with van der Waals surface area (Å²) in [4.78, 5) is 0. The zero-order valence-corrected chi connectivity index (χ0v) is 10.5. The van der Waals surface area contributed by atoms with Crippen molar-refractivity contribution in [2.45, 2.75) is 25.2 Å². The molecule has 0 aromatic heterocycles. The second-order valence-corrected chi connectivity index (χ2v) is 5.25. The molecule has 1 aromatic rings.